The van der Waals surface area contributed by atoms with Crippen LogP contribution in [0.3, 0.4) is 0 Å². The molecular formula is C23H19FN2O2. The molecule has 1 aromatic heterocycles. The van der Waals surface area contributed by atoms with Gasteiger partial charge < -0.3 is 9.64 Å². The molecule has 0 radical (unpaired) electrons. The molecule has 0 N–H and O–H groups in total. The highest BCUT2D eigenvalue weighted by Gasteiger charge is 2.33. The highest BCUT2D eigenvalue weighted by molar-refractivity contribution is 5.97. The van der Waals surface area contributed by atoms with Crippen LogP contribution < -0.4 is 9.64 Å². The van der Waals surface area contributed by atoms with Crippen LogP contribution in [0.5, 0.6) is 5.75 Å². The summed E-state index contributed by atoms with van der Waals surface area (Å²) < 4.78 is 27.7. The fourth-order valence-corrected chi connectivity index (χ4v) is 3.91. The molecule has 4 nitrogen and oxygen atoms in total. The number of halogens is 1. The van der Waals surface area contributed by atoms with Gasteiger partial charge in [-0.1, -0.05) is 18.2 Å². The minimum Gasteiger partial charge on any atom is -0.487 e. The Hall–Kier alpha value is -3.21. The number of rotatable bonds is 3. The van der Waals surface area contributed by atoms with Crippen molar-refractivity contribution in [3.63, 3.8) is 0 Å². The summed E-state index contributed by atoms with van der Waals surface area (Å²) in [6, 6.07) is 13.8. The van der Waals surface area contributed by atoms with Crippen molar-refractivity contribution < 1.29 is 15.3 Å². The Morgan fingerprint density at radius 3 is 2.89 bits per heavy atom. The van der Waals surface area contributed by atoms with Gasteiger partial charge in [-0.2, -0.15) is 0 Å². The zero-order valence-corrected chi connectivity index (χ0v) is 15.2. The van der Waals surface area contributed by atoms with E-state index in [-0.39, 0.29) is 18.1 Å². The molecule has 2 aromatic carbocycles. The molecule has 1 fully saturated rings. The number of hydrogen-bond donors (Lipinski definition) is 0. The normalized spacial score (nSPS) is 21.0. The van der Waals surface area contributed by atoms with Crippen LogP contribution in [0.4, 0.5) is 10.1 Å². The fourth-order valence-electron chi connectivity index (χ4n) is 3.91. The summed E-state index contributed by atoms with van der Waals surface area (Å²) in [6.07, 6.45) is 4.15. The van der Waals surface area contributed by atoms with Crippen molar-refractivity contribution >= 4 is 11.6 Å². The van der Waals surface area contributed by atoms with Crippen molar-refractivity contribution in [2.45, 2.75) is 19.4 Å². The molecule has 28 heavy (non-hydrogen) atoms. The summed E-state index contributed by atoms with van der Waals surface area (Å²) >= 11 is 0. The van der Waals surface area contributed by atoms with E-state index in [9.17, 15) is 9.18 Å². The van der Waals surface area contributed by atoms with Gasteiger partial charge in [0.05, 0.1) is 6.20 Å². The van der Waals surface area contributed by atoms with Gasteiger partial charge >= 0.3 is 0 Å². The van der Waals surface area contributed by atoms with E-state index in [1.165, 1.54) is 12.1 Å². The monoisotopic (exact) mass is 375 g/mol. The lowest BCUT2D eigenvalue weighted by Crippen LogP contribution is -2.28. The molecule has 140 valence electrons. The smallest absolute Gasteiger partial charge is 0.230 e. The molecule has 0 spiro atoms. The number of anilines is 1. The summed E-state index contributed by atoms with van der Waals surface area (Å²) in [5.41, 5.74) is 4.65. The Morgan fingerprint density at radius 2 is 2.04 bits per heavy atom. The molecule has 5 rings (SSSR count). The number of ether oxygens (including phenoxy) is 1. The van der Waals surface area contributed by atoms with Crippen molar-refractivity contribution in [1.29, 1.82) is 0 Å². The summed E-state index contributed by atoms with van der Waals surface area (Å²) in [7, 11) is 0. The van der Waals surface area contributed by atoms with Crippen LogP contribution in [0, 0.1) is 11.7 Å². The van der Waals surface area contributed by atoms with Crippen LogP contribution in [0.1, 0.15) is 18.9 Å². The van der Waals surface area contributed by atoms with Gasteiger partial charge in [0.2, 0.25) is 5.91 Å². The van der Waals surface area contributed by atoms with Crippen LogP contribution in [0.25, 0.3) is 11.1 Å². The first-order valence-electron chi connectivity index (χ1n) is 9.80. The van der Waals surface area contributed by atoms with Crippen LogP contribution >= 0.6 is 0 Å². The van der Waals surface area contributed by atoms with Crippen molar-refractivity contribution in [2.75, 3.05) is 11.4 Å². The third kappa shape index (κ3) is 2.93. The SMILES string of the molecule is [2H]C1(Cc2ccc(F)cc2)CCN(c2ccc3c(c2)COc2cnccc2-3)C1=O. The second kappa shape index (κ2) is 6.75. The van der Waals surface area contributed by atoms with E-state index in [0.717, 1.165) is 33.7 Å². The van der Waals surface area contributed by atoms with Gasteiger partial charge in [-0.15, -0.1) is 0 Å². The maximum atomic E-state index is 13.2. The lowest BCUT2D eigenvalue weighted by atomic mass is 9.97. The molecule has 5 heteroatoms. The number of carbonyl (C=O) groups is 1. The van der Waals surface area contributed by atoms with Crippen LogP contribution in [-0.4, -0.2) is 17.4 Å². The van der Waals surface area contributed by atoms with E-state index >= 15 is 0 Å². The number of aromatic nitrogens is 1. The molecule has 0 aliphatic carbocycles. The van der Waals surface area contributed by atoms with Crippen molar-refractivity contribution in [3.8, 4) is 16.9 Å². The highest BCUT2D eigenvalue weighted by atomic mass is 19.1. The Bertz CT molecular complexity index is 1100. The second-order valence-electron chi connectivity index (χ2n) is 7.12. The Kier molecular flexibility index (Phi) is 3.81. The Labute approximate surface area is 164 Å². The minimum absolute atomic E-state index is 0.219. The average Bonchev–Trinajstić information content (AvgIpc) is 3.03. The van der Waals surface area contributed by atoms with E-state index in [1.807, 2.05) is 24.3 Å². The largest absolute Gasteiger partial charge is 0.487 e. The molecule has 0 saturated carbocycles. The summed E-state index contributed by atoms with van der Waals surface area (Å²) in [5.74, 6) is -1.01. The quantitative estimate of drug-likeness (QED) is 0.682. The number of amides is 1. The Balaban J connectivity index is 1.41. The number of pyridine rings is 1. The first kappa shape index (κ1) is 15.8. The van der Waals surface area contributed by atoms with Gasteiger partial charge in [-0.05, 0) is 59.9 Å². The summed E-state index contributed by atoms with van der Waals surface area (Å²) in [6.45, 7) is 0.912. The standard InChI is InChI=1S/C23H19FN2O2/c24-18-3-1-15(2-4-18)11-16-8-10-26(23(16)27)19-5-6-20-17(12-19)14-28-22-13-25-9-7-21(20)22/h1-7,9,12-13,16H,8,10-11,14H2/i16D. The number of carbonyl (C=O) groups excluding carboxylic acids is 1. The predicted molar refractivity (Wildman–Crippen MR) is 105 cm³/mol. The van der Waals surface area contributed by atoms with E-state index < -0.39 is 5.89 Å². The van der Waals surface area contributed by atoms with E-state index in [1.54, 1.807) is 29.4 Å². The fraction of sp³-hybridized carbons (Fsp3) is 0.217. The molecule has 2 aliphatic rings. The zero-order valence-electron chi connectivity index (χ0n) is 16.2. The number of hydrogen-bond acceptors (Lipinski definition) is 3. The molecule has 1 atom stereocenters. The van der Waals surface area contributed by atoms with Gasteiger partial charge in [-0.3, -0.25) is 9.78 Å². The lowest BCUT2D eigenvalue weighted by molar-refractivity contribution is -0.120. The van der Waals surface area contributed by atoms with E-state index in [0.29, 0.717) is 19.6 Å². The van der Waals surface area contributed by atoms with Gasteiger partial charge in [-0.25, -0.2) is 4.39 Å². The van der Waals surface area contributed by atoms with Gasteiger partial charge in [0.1, 0.15) is 18.2 Å². The first-order chi connectivity index (χ1) is 14.0. The maximum absolute atomic E-state index is 13.2. The molecule has 3 aromatic rings. The topological polar surface area (TPSA) is 42.4 Å². The van der Waals surface area contributed by atoms with E-state index in [2.05, 4.69) is 4.98 Å². The van der Waals surface area contributed by atoms with Crippen LogP contribution in [0.15, 0.2) is 60.9 Å². The summed E-state index contributed by atoms with van der Waals surface area (Å²) in [4.78, 5) is 18.9. The maximum Gasteiger partial charge on any atom is 0.230 e. The highest BCUT2D eigenvalue weighted by Crippen LogP contribution is 2.39. The summed E-state index contributed by atoms with van der Waals surface area (Å²) in [5, 5.41) is 0. The minimum atomic E-state index is -1.23. The van der Waals surface area contributed by atoms with Crippen LogP contribution in [-0.2, 0) is 17.8 Å². The van der Waals surface area contributed by atoms with Gasteiger partial charge in [0, 0.05) is 31.3 Å². The van der Waals surface area contributed by atoms with Crippen molar-refractivity contribution in [1.82, 2.24) is 4.98 Å². The van der Waals surface area contributed by atoms with Gasteiger partial charge in [0.15, 0.2) is 0 Å². The van der Waals surface area contributed by atoms with E-state index in [4.69, 9.17) is 6.11 Å². The third-order valence-electron chi connectivity index (χ3n) is 5.37. The molecule has 1 saturated heterocycles. The number of fused-ring (bicyclic) bond motifs is 3. The van der Waals surface area contributed by atoms with Crippen LogP contribution in [0.2, 0.25) is 0 Å². The molecular weight excluding hydrogens is 355 g/mol. The average molecular weight is 375 g/mol. The third-order valence-corrected chi connectivity index (χ3v) is 5.37. The zero-order chi connectivity index (χ0) is 20.0. The molecule has 2 aliphatic heterocycles. The predicted octanol–water partition coefficient (Wildman–Crippen LogP) is 4.38. The van der Waals surface area contributed by atoms with Gasteiger partial charge in [0.25, 0.3) is 0 Å². The molecule has 3 heterocycles. The first-order valence-corrected chi connectivity index (χ1v) is 9.30. The lowest BCUT2D eigenvalue weighted by Gasteiger charge is -2.23. The Morgan fingerprint density at radius 1 is 1.18 bits per heavy atom. The molecule has 1 unspecified atom stereocenters. The van der Waals surface area contributed by atoms with Crippen molar-refractivity contribution in [3.05, 3.63) is 77.9 Å². The number of benzene rings is 2. The van der Waals surface area contributed by atoms with Crippen molar-refractivity contribution in [2.24, 2.45) is 5.89 Å². The molecule has 1 amide bonds. The number of nitrogens with zero attached hydrogens (tertiary/aromatic N) is 2. The second-order valence-corrected chi connectivity index (χ2v) is 7.12. The molecule has 0 bridgehead atoms.